The Morgan fingerprint density at radius 1 is 1.03 bits per heavy atom. The van der Waals surface area contributed by atoms with Crippen LogP contribution in [0.15, 0.2) is 65.6 Å². The highest BCUT2D eigenvalue weighted by Crippen LogP contribution is 2.34. The number of pyridine rings is 2. The van der Waals surface area contributed by atoms with Crippen LogP contribution in [0.4, 0.5) is 11.5 Å². The molecule has 4 aromatic rings. The van der Waals surface area contributed by atoms with Crippen LogP contribution < -0.4 is 15.6 Å². The molecule has 1 N–H and O–H groups in total. The van der Waals surface area contributed by atoms with Gasteiger partial charge in [-0.15, -0.1) is 0 Å². The van der Waals surface area contributed by atoms with Crippen molar-refractivity contribution in [2.24, 2.45) is 0 Å². The van der Waals surface area contributed by atoms with Crippen molar-refractivity contribution in [3.05, 3.63) is 81.2 Å². The largest absolute Gasteiger partial charge is 0.494 e. The standard InChI is InChI=1S/C24H21Cl2N3O2/c1-3-29-21-13-22(28-16-8-10-17(11-9-16)31-4-2)27-14-15(21)12-18(24(29)30)23-19(25)6-5-7-20(23)26/h5-14H,3-4H2,1-2H3,(H,27,28). The molecule has 2 heterocycles. The average Bonchev–Trinajstić information content (AvgIpc) is 2.76. The van der Waals surface area contributed by atoms with E-state index in [0.717, 1.165) is 22.3 Å². The van der Waals surface area contributed by atoms with E-state index in [0.29, 0.717) is 40.1 Å². The number of anilines is 2. The van der Waals surface area contributed by atoms with Gasteiger partial charge < -0.3 is 14.6 Å². The number of aromatic nitrogens is 2. The van der Waals surface area contributed by atoms with Crippen molar-refractivity contribution in [3.8, 4) is 16.9 Å². The molecule has 31 heavy (non-hydrogen) atoms. The smallest absolute Gasteiger partial charge is 0.259 e. The summed E-state index contributed by atoms with van der Waals surface area (Å²) in [5, 5.41) is 4.98. The summed E-state index contributed by atoms with van der Waals surface area (Å²) < 4.78 is 7.18. The van der Waals surface area contributed by atoms with Crippen molar-refractivity contribution < 1.29 is 4.74 Å². The SMILES string of the molecule is CCOc1ccc(Nc2cc3c(cn2)cc(-c2c(Cl)cccc2Cl)c(=O)n3CC)cc1. The van der Waals surface area contributed by atoms with Gasteiger partial charge in [-0.25, -0.2) is 4.98 Å². The lowest BCUT2D eigenvalue weighted by atomic mass is 10.0. The maximum Gasteiger partial charge on any atom is 0.259 e. The topological polar surface area (TPSA) is 56.1 Å². The number of nitrogens with one attached hydrogen (secondary N) is 1. The monoisotopic (exact) mass is 453 g/mol. The molecular formula is C24H21Cl2N3O2. The number of fused-ring (bicyclic) bond motifs is 1. The van der Waals surface area contributed by atoms with E-state index in [1.807, 2.05) is 44.2 Å². The van der Waals surface area contributed by atoms with Crippen molar-refractivity contribution in [2.45, 2.75) is 20.4 Å². The van der Waals surface area contributed by atoms with Gasteiger partial charge in [0.05, 0.1) is 27.7 Å². The van der Waals surface area contributed by atoms with Gasteiger partial charge in [0.15, 0.2) is 0 Å². The van der Waals surface area contributed by atoms with E-state index in [2.05, 4.69) is 10.3 Å². The Kier molecular flexibility index (Phi) is 6.16. The van der Waals surface area contributed by atoms with Crippen LogP contribution in [0.3, 0.4) is 0 Å². The number of nitrogens with zero attached hydrogens (tertiary/aromatic N) is 2. The van der Waals surface area contributed by atoms with Gasteiger partial charge >= 0.3 is 0 Å². The zero-order valence-electron chi connectivity index (χ0n) is 17.2. The van der Waals surface area contributed by atoms with Crippen molar-refractivity contribution in [1.29, 1.82) is 0 Å². The highest BCUT2D eigenvalue weighted by atomic mass is 35.5. The van der Waals surface area contributed by atoms with Crippen LogP contribution in [0.2, 0.25) is 10.0 Å². The van der Waals surface area contributed by atoms with Gasteiger partial charge in [0.2, 0.25) is 0 Å². The van der Waals surface area contributed by atoms with Crippen LogP contribution in [0, 0.1) is 0 Å². The van der Waals surface area contributed by atoms with Crippen LogP contribution in [-0.4, -0.2) is 16.2 Å². The van der Waals surface area contributed by atoms with Crippen molar-refractivity contribution in [1.82, 2.24) is 9.55 Å². The third-order valence-corrected chi connectivity index (χ3v) is 5.59. The number of halogens is 2. The first kappa shape index (κ1) is 21.2. The molecule has 2 aromatic heterocycles. The van der Waals surface area contributed by atoms with Gasteiger partial charge in [-0.2, -0.15) is 0 Å². The molecule has 0 spiro atoms. The summed E-state index contributed by atoms with van der Waals surface area (Å²) >= 11 is 12.7. The summed E-state index contributed by atoms with van der Waals surface area (Å²) in [5.74, 6) is 1.45. The molecule has 0 amide bonds. The lowest BCUT2D eigenvalue weighted by Crippen LogP contribution is -2.21. The normalized spacial score (nSPS) is 11.0. The first-order chi connectivity index (χ1) is 15.0. The van der Waals surface area contributed by atoms with Crippen LogP contribution in [0.25, 0.3) is 22.0 Å². The maximum absolute atomic E-state index is 13.3. The molecule has 0 unspecified atom stereocenters. The second kappa shape index (κ2) is 9.00. The molecule has 0 saturated heterocycles. The van der Waals surface area contributed by atoms with Gasteiger partial charge in [0.25, 0.3) is 5.56 Å². The molecule has 0 bridgehead atoms. The van der Waals surface area contributed by atoms with E-state index in [1.165, 1.54) is 0 Å². The lowest BCUT2D eigenvalue weighted by Gasteiger charge is -2.14. The first-order valence-corrected chi connectivity index (χ1v) is 10.7. The number of rotatable bonds is 6. The van der Waals surface area contributed by atoms with E-state index < -0.39 is 0 Å². The van der Waals surface area contributed by atoms with Crippen molar-refractivity contribution >= 4 is 45.6 Å². The van der Waals surface area contributed by atoms with E-state index in [-0.39, 0.29) is 5.56 Å². The molecule has 0 radical (unpaired) electrons. The molecular weight excluding hydrogens is 433 g/mol. The Hall–Kier alpha value is -3.02. The number of benzene rings is 2. The molecule has 0 aliphatic heterocycles. The summed E-state index contributed by atoms with van der Waals surface area (Å²) in [7, 11) is 0. The molecule has 0 aliphatic carbocycles. The van der Waals surface area contributed by atoms with Crippen LogP contribution >= 0.6 is 23.2 Å². The molecule has 0 saturated carbocycles. The van der Waals surface area contributed by atoms with Gasteiger partial charge in [0.1, 0.15) is 11.6 Å². The third-order valence-electron chi connectivity index (χ3n) is 4.96. The van der Waals surface area contributed by atoms with E-state index in [1.54, 1.807) is 35.0 Å². The summed E-state index contributed by atoms with van der Waals surface area (Å²) in [6, 6.07) is 16.5. The lowest BCUT2D eigenvalue weighted by molar-refractivity contribution is 0.340. The Bertz CT molecular complexity index is 1280. The Labute approximate surface area is 190 Å². The predicted molar refractivity (Wildman–Crippen MR) is 128 cm³/mol. The zero-order valence-corrected chi connectivity index (χ0v) is 18.7. The average molecular weight is 454 g/mol. The molecule has 2 aromatic carbocycles. The number of hydrogen-bond acceptors (Lipinski definition) is 4. The second-order valence-corrected chi connectivity index (χ2v) is 7.73. The van der Waals surface area contributed by atoms with Gasteiger partial charge in [-0.1, -0.05) is 29.3 Å². The highest BCUT2D eigenvalue weighted by Gasteiger charge is 2.16. The molecule has 0 aliphatic rings. The molecule has 158 valence electrons. The molecule has 7 heteroatoms. The van der Waals surface area contributed by atoms with Gasteiger partial charge in [-0.05, 0) is 56.3 Å². The summed E-state index contributed by atoms with van der Waals surface area (Å²) in [6.07, 6.45) is 1.74. The fraction of sp³-hybridized carbons (Fsp3) is 0.167. The predicted octanol–water partition coefficient (Wildman–Crippen LogP) is 6.53. The molecule has 5 nitrogen and oxygen atoms in total. The van der Waals surface area contributed by atoms with Crippen LogP contribution in [-0.2, 0) is 6.54 Å². The molecule has 0 fully saturated rings. The summed E-state index contributed by atoms with van der Waals surface area (Å²) in [4.78, 5) is 17.8. The zero-order chi connectivity index (χ0) is 22.0. The number of hydrogen-bond donors (Lipinski definition) is 1. The number of ether oxygens (including phenoxy) is 1. The summed E-state index contributed by atoms with van der Waals surface area (Å²) in [6.45, 7) is 5.00. The fourth-order valence-corrected chi connectivity index (χ4v) is 4.14. The number of aryl methyl sites for hydroxylation is 1. The summed E-state index contributed by atoms with van der Waals surface area (Å²) in [5.41, 5.74) is 2.50. The van der Waals surface area contributed by atoms with E-state index >= 15 is 0 Å². The fourth-order valence-electron chi connectivity index (χ4n) is 3.54. The van der Waals surface area contributed by atoms with Gasteiger partial charge in [-0.3, -0.25) is 4.79 Å². The highest BCUT2D eigenvalue weighted by molar-refractivity contribution is 6.39. The first-order valence-electron chi connectivity index (χ1n) is 9.99. The third kappa shape index (κ3) is 4.24. The second-order valence-electron chi connectivity index (χ2n) is 6.91. The minimum atomic E-state index is -0.150. The molecule has 0 atom stereocenters. The van der Waals surface area contributed by atoms with Gasteiger partial charge in [0, 0.05) is 35.4 Å². The molecule has 4 rings (SSSR count). The Balaban J connectivity index is 1.77. The van der Waals surface area contributed by atoms with E-state index in [4.69, 9.17) is 27.9 Å². The Morgan fingerprint density at radius 3 is 2.39 bits per heavy atom. The van der Waals surface area contributed by atoms with E-state index in [9.17, 15) is 4.79 Å². The van der Waals surface area contributed by atoms with Crippen LogP contribution in [0.1, 0.15) is 13.8 Å². The van der Waals surface area contributed by atoms with Crippen molar-refractivity contribution in [2.75, 3.05) is 11.9 Å². The van der Waals surface area contributed by atoms with Crippen LogP contribution in [0.5, 0.6) is 5.75 Å². The Morgan fingerprint density at radius 2 is 1.74 bits per heavy atom. The quantitative estimate of drug-likeness (QED) is 0.360. The maximum atomic E-state index is 13.3. The minimum absolute atomic E-state index is 0.150. The minimum Gasteiger partial charge on any atom is -0.494 e. The van der Waals surface area contributed by atoms with Crippen molar-refractivity contribution in [3.63, 3.8) is 0 Å².